The molecule has 1 aromatic heterocycles. The number of carbonyl (C=O) groups is 1. The summed E-state index contributed by atoms with van der Waals surface area (Å²) in [4.78, 5) is 30.9. The minimum Gasteiger partial charge on any atom is -0.324 e. The van der Waals surface area contributed by atoms with E-state index in [-0.39, 0.29) is 27.3 Å². The Morgan fingerprint density at radius 2 is 1.93 bits per heavy atom. The van der Waals surface area contributed by atoms with E-state index < -0.39 is 22.9 Å². The molecule has 0 radical (unpaired) electrons. The lowest BCUT2D eigenvalue weighted by Gasteiger charge is -2.15. The third kappa shape index (κ3) is 5.74. The first kappa shape index (κ1) is 21.3. The fourth-order valence-corrected chi connectivity index (χ4v) is 3.04. The molecule has 10 heteroatoms. The van der Waals surface area contributed by atoms with Crippen molar-refractivity contribution in [1.82, 2.24) is 9.97 Å². The smallest absolute Gasteiger partial charge is 0.324 e. The fraction of sp³-hybridized carbons (Fsp3) is 0.353. The first-order valence-corrected chi connectivity index (χ1v) is 9.18. The molecular weight excluding hydrogens is 403 g/mol. The molecule has 27 heavy (non-hydrogen) atoms. The molecule has 1 amide bonds. The summed E-state index contributed by atoms with van der Waals surface area (Å²) in [5.74, 6) is -0.543. The summed E-state index contributed by atoms with van der Waals surface area (Å²) in [7, 11) is 0. The number of hydrogen-bond acceptors (Lipinski definition) is 4. The van der Waals surface area contributed by atoms with Crippen molar-refractivity contribution >= 4 is 35.0 Å². The Balaban J connectivity index is 2.16. The lowest BCUT2D eigenvalue weighted by atomic mass is 10.1. The third-order valence-electron chi connectivity index (χ3n) is 3.54. The molecule has 1 heterocycles. The molecule has 0 saturated carbocycles. The summed E-state index contributed by atoms with van der Waals surface area (Å²) < 4.78 is 38.5. The van der Waals surface area contributed by atoms with E-state index in [0.717, 1.165) is 30.0 Å². The maximum Gasteiger partial charge on any atom is 0.416 e. The molecule has 2 N–H and O–H groups in total. The van der Waals surface area contributed by atoms with Crippen LogP contribution < -0.4 is 10.9 Å². The van der Waals surface area contributed by atoms with Gasteiger partial charge in [0, 0.05) is 6.07 Å². The largest absolute Gasteiger partial charge is 0.416 e. The average molecular weight is 420 g/mol. The van der Waals surface area contributed by atoms with Crippen molar-refractivity contribution in [3.05, 3.63) is 50.9 Å². The predicted octanol–water partition coefficient (Wildman–Crippen LogP) is 4.68. The zero-order valence-electron chi connectivity index (χ0n) is 14.6. The van der Waals surface area contributed by atoms with Crippen molar-refractivity contribution in [3.63, 3.8) is 0 Å². The van der Waals surface area contributed by atoms with Gasteiger partial charge >= 0.3 is 6.18 Å². The molecule has 0 aliphatic rings. The van der Waals surface area contributed by atoms with Gasteiger partial charge in [0.25, 0.3) is 5.56 Å². The van der Waals surface area contributed by atoms with Crippen molar-refractivity contribution in [2.75, 3.05) is 5.32 Å². The number of thioether (sulfide) groups is 1. The molecule has 1 unspecified atom stereocenters. The Kier molecular flexibility index (Phi) is 6.59. The van der Waals surface area contributed by atoms with Gasteiger partial charge in [-0.1, -0.05) is 37.2 Å². The number of alkyl halides is 3. The van der Waals surface area contributed by atoms with Crippen LogP contribution in [0.15, 0.2) is 34.2 Å². The second-order valence-electron chi connectivity index (χ2n) is 6.07. The van der Waals surface area contributed by atoms with Gasteiger partial charge in [0.15, 0.2) is 5.16 Å². The van der Waals surface area contributed by atoms with Crippen molar-refractivity contribution in [2.24, 2.45) is 0 Å². The number of aromatic nitrogens is 2. The maximum atomic E-state index is 12.8. The lowest BCUT2D eigenvalue weighted by molar-refractivity contribution is -0.137. The standard InChI is InChI=1S/C17H17ClF3N3O2S/c1-8(2)12-7-14(25)24-16(23-12)27-9(3)15(26)22-13-6-10(17(19,20)21)4-5-11(13)18/h4-9H,1-3H3,(H,22,26)(H,23,24,25). The number of carbonyl (C=O) groups excluding carboxylic acids is 1. The van der Waals surface area contributed by atoms with E-state index in [0.29, 0.717) is 5.69 Å². The van der Waals surface area contributed by atoms with Gasteiger partial charge in [0.2, 0.25) is 5.91 Å². The van der Waals surface area contributed by atoms with Gasteiger partial charge in [-0.15, -0.1) is 0 Å². The Hall–Kier alpha value is -2.00. The van der Waals surface area contributed by atoms with E-state index in [1.807, 2.05) is 13.8 Å². The van der Waals surface area contributed by atoms with Crippen LogP contribution >= 0.6 is 23.4 Å². The minimum atomic E-state index is -4.55. The van der Waals surface area contributed by atoms with Crippen molar-refractivity contribution in [2.45, 2.75) is 43.3 Å². The molecule has 0 aliphatic carbocycles. The SMILES string of the molecule is CC(Sc1nc(C(C)C)cc(=O)[nH]1)C(=O)Nc1cc(C(F)(F)F)ccc1Cl. The summed E-state index contributed by atoms with van der Waals surface area (Å²) in [6.45, 7) is 5.30. The Morgan fingerprint density at radius 3 is 2.52 bits per heavy atom. The van der Waals surface area contributed by atoms with E-state index in [1.165, 1.54) is 6.07 Å². The molecule has 0 bridgehead atoms. The van der Waals surface area contributed by atoms with Gasteiger partial charge in [0.05, 0.1) is 27.2 Å². The second-order valence-corrected chi connectivity index (χ2v) is 7.81. The molecule has 1 atom stereocenters. The highest BCUT2D eigenvalue weighted by Gasteiger charge is 2.31. The number of H-pyrrole nitrogens is 1. The Bertz CT molecular complexity index is 900. The van der Waals surface area contributed by atoms with E-state index in [9.17, 15) is 22.8 Å². The van der Waals surface area contributed by atoms with Crippen molar-refractivity contribution in [3.8, 4) is 0 Å². The molecule has 0 spiro atoms. The van der Waals surface area contributed by atoms with E-state index >= 15 is 0 Å². The Labute approximate surface area is 162 Å². The number of nitrogens with one attached hydrogen (secondary N) is 2. The van der Waals surface area contributed by atoms with Crippen LogP contribution in [0.3, 0.4) is 0 Å². The number of halogens is 4. The number of benzene rings is 1. The Morgan fingerprint density at radius 1 is 1.26 bits per heavy atom. The summed E-state index contributed by atoms with van der Waals surface area (Å²) in [5, 5.41) is 1.89. The zero-order valence-corrected chi connectivity index (χ0v) is 16.2. The van der Waals surface area contributed by atoms with Crippen molar-refractivity contribution < 1.29 is 18.0 Å². The molecule has 1 aromatic carbocycles. The highest BCUT2D eigenvalue weighted by molar-refractivity contribution is 8.00. The highest BCUT2D eigenvalue weighted by atomic mass is 35.5. The number of nitrogens with zero attached hydrogens (tertiary/aromatic N) is 1. The molecule has 0 aliphatic heterocycles. The number of anilines is 1. The highest BCUT2D eigenvalue weighted by Crippen LogP contribution is 2.34. The quantitative estimate of drug-likeness (QED) is 0.545. The van der Waals surface area contributed by atoms with E-state index in [2.05, 4.69) is 15.3 Å². The molecule has 5 nitrogen and oxygen atoms in total. The summed E-state index contributed by atoms with van der Waals surface area (Å²) in [6.07, 6.45) is -4.55. The van der Waals surface area contributed by atoms with E-state index in [1.54, 1.807) is 6.92 Å². The number of amides is 1. The lowest BCUT2D eigenvalue weighted by Crippen LogP contribution is -2.24. The van der Waals surface area contributed by atoms with Crippen molar-refractivity contribution in [1.29, 1.82) is 0 Å². The van der Waals surface area contributed by atoms with Gasteiger partial charge < -0.3 is 10.3 Å². The van der Waals surface area contributed by atoms with Crippen LogP contribution in [0.2, 0.25) is 5.02 Å². The number of rotatable bonds is 5. The topological polar surface area (TPSA) is 74.8 Å². The summed E-state index contributed by atoms with van der Waals surface area (Å²) in [5.41, 5.74) is -0.820. The summed E-state index contributed by atoms with van der Waals surface area (Å²) in [6, 6.07) is 4.06. The molecule has 146 valence electrons. The van der Waals surface area contributed by atoms with E-state index in [4.69, 9.17) is 11.6 Å². The third-order valence-corrected chi connectivity index (χ3v) is 4.85. The van der Waals surface area contributed by atoms with Crippen LogP contribution in [0, 0.1) is 0 Å². The monoisotopic (exact) mass is 419 g/mol. The van der Waals surface area contributed by atoms with Crippen LogP contribution in [0.1, 0.15) is 37.9 Å². The normalized spacial score (nSPS) is 12.9. The van der Waals surface area contributed by atoms with Crippen LogP contribution in [0.5, 0.6) is 0 Å². The first-order valence-electron chi connectivity index (χ1n) is 7.93. The van der Waals surface area contributed by atoms with Gasteiger partial charge in [-0.05, 0) is 31.0 Å². The number of aromatic amines is 1. The average Bonchev–Trinajstić information content (AvgIpc) is 2.55. The van der Waals surface area contributed by atoms with Crippen LogP contribution in [0.4, 0.5) is 18.9 Å². The van der Waals surface area contributed by atoms with Crippen LogP contribution in [0.25, 0.3) is 0 Å². The van der Waals surface area contributed by atoms with Gasteiger partial charge in [0.1, 0.15) is 0 Å². The zero-order chi connectivity index (χ0) is 20.4. The number of hydrogen-bond donors (Lipinski definition) is 2. The first-order chi connectivity index (χ1) is 12.5. The van der Waals surface area contributed by atoms with Gasteiger partial charge in [-0.3, -0.25) is 9.59 Å². The van der Waals surface area contributed by atoms with Crippen LogP contribution in [-0.4, -0.2) is 21.1 Å². The second kappa shape index (κ2) is 8.35. The molecule has 2 aromatic rings. The molecule has 0 fully saturated rings. The fourth-order valence-electron chi connectivity index (χ4n) is 2.06. The molecule has 2 rings (SSSR count). The van der Waals surface area contributed by atoms with Gasteiger partial charge in [-0.2, -0.15) is 13.2 Å². The predicted molar refractivity (Wildman–Crippen MR) is 99.3 cm³/mol. The van der Waals surface area contributed by atoms with Gasteiger partial charge in [-0.25, -0.2) is 4.98 Å². The molecule has 0 saturated heterocycles. The minimum absolute atomic E-state index is 0.0121. The maximum absolute atomic E-state index is 12.8. The molecular formula is C17H17ClF3N3O2S. The summed E-state index contributed by atoms with van der Waals surface area (Å²) >= 11 is 6.87. The van der Waals surface area contributed by atoms with Crippen LogP contribution in [-0.2, 0) is 11.0 Å².